The summed E-state index contributed by atoms with van der Waals surface area (Å²) in [7, 11) is 0. The van der Waals surface area contributed by atoms with Gasteiger partial charge >= 0.3 is 0 Å². The van der Waals surface area contributed by atoms with Crippen molar-refractivity contribution in [3.8, 4) is 0 Å². The third-order valence-corrected chi connectivity index (χ3v) is 4.29. The van der Waals surface area contributed by atoms with Gasteiger partial charge in [-0.15, -0.1) is 0 Å². The number of benzene rings is 2. The minimum atomic E-state index is -0.206. The number of carbonyl (C=O) groups is 2. The van der Waals surface area contributed by atoms with Gasteiger partial charge in [0, 0.05) is 12.5 Å². The molecule has 0 saturated carbocycles. The summed E-state index contributed by atoms with van der Waals surface area (Å²) in [5, 5.41) is 0. The van der Waals surface area contributed by atoms with Gasteiger partial charge in [-0.1, -0.05) is 42.5 Å². The normalized spacial score (nSPS) is 20.9. The minimum absolute atomic E-state index is 0.0309. The molecule has 0 aliphatic carbocycles. The Morgan fingerprint density at radius 1 is 0.955 bits per heavy atom. The molecule has 2 amide bonds. The van der Waals surface area contributed by atoms with Crippen molar-refractivity contribution in [2.24, 2.45) is 0 Å². The van der Waals surface area contributed by atoms with Crippen LogP contribution >= 0.6 is 0 Å². The van der Waals surface area contributed by atoms with Crippen LogP contribution in [-0.2, 0) is 4.74 Å². The Balaban J connectivity index is 1.63. The first-order valence-corrected chi connectivity index (χ1v) is 7.37. The smallest absolute Gasteiger partial charge is 0.261 e. The highest BCUT2D eigenvalue weighted by Gasteiger charge is 2.41. The molecule has 110 valence electrons. The van der Waals surface area contributed by atoms with Gasteiger partial charge in [-0.05, 0) is 17.7 Å². The Morgan fingerprint density at radius 3 is 2.05 bits per heavy atom. The highest BCUT2D eigenvalue weighted by Crippen LogP contribution is 2.33. The van der Waals surface area contributed by atoms with Crippen molar-refractivity contribution in [1.82, 2.24) is 4.90 Å². The molecule has 2 aliphatic heterocycles. The van der Waals surface area contributed by atoms with Crippen LogP contribution in [-0.4, -0.2) is 36.0 Å². The maximum atomic E-state index is 12.5. The zero-order valence-electron chi connectivity index (χ0n) is 11.9. The first-order chi connectivity index (χ1) is 10.8. The number of hydrogen-bond acceptors (Lipinski definition) is 3. The van der Waals surface area contributed by atoms with Crippen molar-refractivity contribution in [3.63, 3.8) is 0 Å². The summed E-state index contributed by atoms with van der Waals surface area (Å²) < 4.78 is 5.43. The second kappa shape index (κ2) is 5.07. The van der Waals surface area contributed by atoms with Gasteiger partial charge in [0.1, 0.15) is 0 Å². The Bertz CT molecular complexity index is 702. The quantitative estimate of drug-likeness (QED) is 0.642. The number of imide groups is 1. The van der Waals surface area contributed by atoms with Gasteiger partial charge in [0.05, 0.1) is 23.8 Å². The molecule has 1 saturated heterocycles. The molecule has 1 fully saturated rings. The Labute approximate surface area is 128 Å². The monoisotopic (exact) mass is 293 g/mol. The number of epoxide rings is 1. The largest absolute Gasteiger partial charge is 0.372 e. The number of fused-ring (bicyclic) bond motifs is 1. The molecule has 0 radical (unpaired) electrons. The topological polar surface area (TPSA) is 49.9 Å². The maximum Gasteiger partial charge on any atom is 0.261 e. The van der Waals surface area contributed by atoms with Gasteiger partial charge in [0.2, 0.25) is 0 Å². The molecular formula is C18H15NO3. The minimum Gasteiger partial charge on any atom is -0.372 e. The number of rotatable bonds is 4. The van der Waals surface area contributed by atoms with Crippen molar-refractivity contribution in [3.05, 3.63) is 71.3 Å². The lowest BCUT2D eigenvalue weighted by atomic mass is 9.95. The van der Waals surface area contributed by atoms with Crippen LogP contribution < -0.4 is 0 Å². The molecule has 2 aromatic rings. The second-order valence-electron chi connectivity index (χ2n) is 5.66. The molecule has 0 bridgehead atoms. The first-order valence-electron chi connectivity index (χ1n) is 7.37. The van der Waals surface area contributed by atoms with Gasteiger partial charge in [-0.3, -0.25) is 14.5 Å². The summed E-state index contributed by atoms with van der Waals surface area (Å²) in [5.74, 6) is -0.382. The lowest BCUT2D eigenvalue weighted by Crippen LogP contribution is -2.35. The predicted octanol–water partition coefficient (Wildman–Crippen LogP) is 2.47. The summed E-state index contributed by atoms with van der Waals surface area (Å²) in [6.07, 6.45) is 0.0895. The van der Waals surface area contributed by atoms with E-state index < -0.39 is 0 Å². The second-order valence-corrected chi connectivity index (χ2v) is 5.66. The van der Waals surface area contributed by atoms with Crippen LogP contribution in [0, 0.1) is 0 Å². The predicted molar refractivity (Wildman–Crippen MR) is 80.7 cm³/mol. The highest BCUT2D eigenvalue weighted by molar-refractivity contribution is 6.21. The van der Waals surface area contributed by atoms with Crippen LogP contribution in [0.1, 0.15) is 32.2 Å². The Morgan fingerprint density at radius 2 is 1.50 bits per heavy atom. The van der Waals surface area contributed by atoms with E-state index in [1.165, 1.54) is 4.90 Å². The number of ether oxygens (including phenoxy) is 1. The Kier molecular flexibility index (Phi) is 3.05. The molecule has 22 heavy (non-hydrogen) atoms. The molecule has 4 nitrogen and oxygen atoms in total. The van der Waals surface area contributed by atoms with Crippen molar-refractivity contribution in [1.29, 1.82) is 0 Å². The summed E-state index contributed by atoms with van der Waals surface area (Å²) >= 11 is 0. The average Bonchev–Trinajstić information content (AvgIpc) is 3.37. The van der Waals surface area contributed by atoms with E-state index in [1.807, 2.05) is 30.3 Å². The number of amides is 2. The van der Waals surface area contributed by atoms with Crippen LogP contribution in [0.3, 0.4) is 0 Å². The van der Waals surface area contributed by atoms with Crippen LogP contribution in [0.25, 0.3) is 0 Å². The van der Waals surface area contributed by atoms with E-state index >= 15 is 0 Å². The fourth-order valence-corrected chi connectivity index (χ4v) is 3.03. The van der Waals surface area contributed by atoms with Crippen LogP contribution in [0.15, 0.2) is 54.6 Å². The van der Waals surface area contributed by atoms with E-state index in [0.717, 1.165) is 5.56 Å². The van der Waals surface area contributed by atoms with Gasteiger partial charge in [0.25, 0.3) is 11.8 Å². The van der Waals surface area contributed by atoms with E-state index in [9.17, 15) is 9.59 Å². The summed E-state index contributed by atoms with van der Waals surface area (Å²) in [6.45, 7) is 1.05. The van der Waals surface area contributed by atoms with Gasteiger partial charge in [-0.2, -0.15) is 0 Å². The van der Waals surface area contributed by atoms with Gasteiger partial charge < -0.3 is 4.74 Å². The first kappa shape index (κ1) is 13.2. The molecule has 4 rings (SSSR count). The molecule has 4 heteroatoms. The van der Waals surface area contributed by atoms with Crippen molar-refractivity contribution in [2.45, 2.75) is 12.0 Å². The van der Waals surface area contributed by atoms with E-state index in [-0.39, 0.29) is 23.8 Å². The number of nitrogens with zero attached hydrogens (tertiary/aromatic N) is 1. The molecule has 2 heterocycles. The van der Waals surface area contributed by atoms with Gasteiger partial charge in [-0.25, -0.2) is 0 Å². The molecule has 2 atom stereocenters. The van der Waals surface area contributed by atoms with E-state index in [0.29, 0.717) is 24.3 Å². The van der Waals surface area contributed by atoms with Crippen molar-refractivity contribution < 1.29 is 14.3 Å². The van der Waals surface area contributed by atoms with Crippen LogP contribution in [0.5, 0.6) is 0 Å². The van der Waals surface area contributed by atoms with Gasteiger partial charge in [0.15, 0.2) is 0 Å². The molecule has 2 aromatic carbocycles. The van der Waals surface area contributed by atoms with E-state index in [4.69, 9.17) is 4.74 Å². The zero-order valence-corrected chi connectivity index (χ0v) is 11.9. The van der Waals surface area contributed by atoms with Crippen LogP contribution in [0.4, 0.5) is 0 Å². The molecule has 2 aliphatic rings. The fraction of sp³-hybridized carbons (Fsp3) is 0.222. The SMILES string of the molecule is O=C1c2ccccc2C(=O)N1CC(c1ccccc1)C1CO1. The Hall–Kier alpha value is -2.46. The standard InChI is InChI=1S/C18H15NO3/c20-17-13-8-4-5-9-14(13)18(21)19(17)10-15(16-11-22-16)12-6-2-1-3-7-12/h1-9,15-16H,10-11H2. The fourth-order valence-electron chi connectivity index (χ4n) is 3.03. The molecule has 0 N–H and O–H groups in total. The molecule has 0 aromatic heterocycles. The van der Waals surface area contributed by atoms with E-state index in [1.54, 1.807) is 24.3 Å². The summed E-state index contributed by atoms with van der Waals surface area (Å²) in [5.41, 5.74) is 2.09. The summed E-state index contributed by atoms with van der Waals surface area (Å²) in [6, 6.07) is 16.9. The number of hydrogen-bond donors (Lipinski definition) is 0. The third-order valence-electron chi connectivity index (χ3n) is 4.29. The zero-order chi connectivity index (χ0) is 15.1. The van der Waals surface area contributed by atoms with Crippen molar-refractivity contribution in [2.75, 3.05) is 13.2 Å². The van der Waals surface area contributed by atoms with E-state index in [2.05, 4.69) is 0 Å². The maximum absolute atomic E-state index is 12.5. The molecule has 2 unspecified atom stereocenters. The van der Waals surface area contributed by atoms with Crippen molar-refractivity contribution >= 4 is 11.8 Å². The third kappa shape index (κ3) is 2.12. The highest BCUT2D eigenvalue weighted by atomic mass is 16.6. The molecule has 0 spiro atoms. The lowest BCUT2D eigenvalue weighted by Gasteiger charge is -2.21. The lowest BCUT2D eigenvalue weighted by molar-refractivity contribution is 0.0639. The van der Waals surface area contributed by atoms with Crippen LogP contribution in [0.2, 0.25) is 0 Å². The average molecular weight is 293 g/mol. The summed E-state index contributed by atoms with van der Waals surface area (Å²) in [4.78, 5) is 26.3. The molecular weight excluding hydrogens is 278 g/mol. The number of carbonyl (C=O) groups excluding carboxylic acids is 2.